The topological polar surface area (TPSA) is 60.1 Å². The van der Waals surface area contributed by atoms with E-state index in [1.807, 2.05) is 24.3 Å². The smallest absolute Gasteiger partial charge is 0.119 e. The summed E-state index contributed by atoms with van der Waals surface area (Å²) in [4.78, 5) is 2.34. The van der Waals surface area contributed by atoms with Crippen LogP contribution in [0.4, 0.5) is 0 Å². The van der Waals surface area contributed by atoms with Crippen molar-refractivity contribution < 1.29 is 4.74 Å². The summed E-state index contributed by atoms with van der Waals surface area (Å²) < 4.78 is 5.72. The van der Waals surface area contributed by atoms with E-state index in [9.17, 15) is 0 Å². The Kier molecular flexibility index (Phi) is 5.41. The Morgan fingerprint density at radius 1 is 1.10 bits per heavy atom. The maximum Gasteiger partial charge on any atom is 0.119 e. The van der Waals surface area contributed by atoms with Crippen molar-refractivity contribution in [3.63, 3.8) is 0 Å². The highest BCUT2D eigenvalue weighted by Crippen LogP contribution is 2.26. The lowest BCUT2D eigenvalue weighted by atomic mass is 10.2. The second-order valence-corrected chi connectivity index (χ2v) is 5.00. The molecule has 20 heavy (non-hydrogen) atoms. The Bertz CT molecular complexity index is 494. The van der Waals surface area contributed by atoms with Gasteiger partial charge in [-0.1, -0.05) is 12.1 Å². The Balaban J connectivity index is 1.74. The third-order valence-electron chi connectivity index (χ3n) is 3.43. The fraction of sp³-hybridized carbons (Fsp3) is 0.500. The first-order chi connectivity index (χ1) is 9.83. The summed E-state index contributed by atoms with van der Waals surface area (Å²) in [5.41, 5.74) is 1.01. The van der Waals surface area contributed by atoms with E-state index in [-0.39, 0.29) is 0 Å². The Morgan fingerprint density at radius 3 is 2.45 bits per heavy atom. The Labute approximate surface area is 120 Å². The van der Waals surface area contributed by atoms with Gasteiger partial charge in [0.2, 0.25) is 0 Å². The van der Waals surface area contributed by atoms with Gasteiger partial charge in [0, 0.05) is 25.6 Å². The molecule has 1 aromatic rings. The molecule has 0 N–H and O–H groups in total. The molecule has 0 bridgehead atoms. The molecule has 1 saturated carbocycles. The Morgan fingerprint density at radius 2 is 1.85 bits per heavy atom. The van der Waals surface area contributed by atoms with E-state index in [1.165, 1.54) is 12.8 Å². The molecule has 0 radical (unpaired) electrons. The van der Waals surface area contributed by atoms with Crippen molar-refractivity contribution in [2.24, 2.45) is 0 Å². The zero-order chi connectivity index (χ0) is 14.2. The normalized spacial score (nSPS) is 13.8. The third kappa shape index (κ3) is 4.57. The molecule has 1 fully saturated rings. The number of hydrogen-bond acceptors (Lipinski definition) is 4. The van der Waals surface area contributed by atoms with Crippen molar-refractivity contribution >= 4 is 0 Å². The van der Waals surface area contributed by atoms with Gasteiger partial charge in [-0.3, -0.25) is 4.90 Å². The van der Waals surface area contributed by atoms with Crippen LogP contribution in [-0.4, -0.2) is 30.6 Å². The summed E-state index contributed by atoms with van der Waals surface area (Å²) in [6.45, 7) is 2.34. The molecule has 0 heterocycles. The monoisotopic (exact) mass is 269 g/mol. The average molecular weight is 269 g/mol. The molecule has 1 aromatic carbocycles. The van der Waals surface area contributed by atoms with Gasteiger partial charge in [-0.25, -0.2) is 0 Å². The second-order valence-electron chi connectivity index (χ2n) is 5.00. The van der Waals surface area contributed by atoms with Gasteiger partial charge < -0.3 is 4.74 Å². The molecule has 0 aromatic heterocycles. The van der Waals surface area contributed by atoms with E-state index >= 15 is 0 Å². The van der Waals surface area contributed by atoms with Crippen molar-refractivity contribution in [1.82, 2.24) is 4.90 Å². The number of nitriles is 2. The lowest BCUT2D eigenvalue weighted by Gasteiger charge is -2.20. The third-order valence-corrected chi connectivity index (χ3v) is 3.43. The molecule has 104 valence electrons. The van der Waals surface area contributed by atoms with Crippen LogP contribution in [0.25, 0.3) is 0 Å². The van der Waals surface area contributed by atoms with Crippen LogP contribution in [0, 0.1) is 22.7 Å². The predicted octanol–water partition coefficient (Wildman–Crippen LogP) is 2.51. The van der Waals surface area contributed by atoms with Gasteiger partial charge >= 0.3 is 0 Å². The van der Waals surface area contributed by atoms with Crippen LogP contribution < -0.4 is 4.74 Å². The van der Waals surface area contributed by atoms with E-state index in [0.29, 0.717) is 25.5 Å². The fourth-order valence-corrected chi connectivity index (χ4v) is 2.19. The SMILES string of the molecule is N#CCCN(CCOc1ccc(CC#N)cc1)C1CC1. The number of ether oxygens (including phenoxy) is 1. The highest BCUT2D eigenvalue weighted by molar-refractivity contribution is 5.28. The van der Waals surface area contributed by atoms with E-state index in [1.54, 1.807) is 0 Å². The number of rotatable bonds is 8. The fourth-order valence-electron chi connectivity index (χ4n) is 2.19. The molecule has 2 rings (SSSR count). The molecule has 0 saturated heterocycles. The number of nitrogens with zero attached hydrogens (tertiary/aromatic N) is 3. The summed E-state index contributed by atoms with van der Waals surface area (Å²) in [7, 11) is 0. The van der Waals surface area contributed by atoms with Crippen LogP contribution in [0.5, 0.6) is 5.75 Å². The predicted molar refractivity (Wildman–Crippen MR) is 76.1 cm³/mol. The first-order valence-electron chi connectivity index (χ1n) is 7.03. The van der Waals surface area contributed by atoms with Gasteiger partial charge in [0.15, 0.2) is 0 Å². The zero-order valence-corrected chi connectivity index (χ0v) is 11.6. The summed E-state index contributed by atoms with van der Waals surface area (Å²) in [5, 5.41) is 17.3. The van der Waals surface area contributed by atoms with Crippen LogP contribution in [0.15, 0.2) is 24.3 Å². The summed E-state index contributed by atoms with van der Waals surface area (Å²) in [5.74, 6) is 0.836. The summed E-state index contributed by atoms with van der Waals surface area (Å²) >= 11 is 0. The van der Waals surface area contributed by atoms with Crippen LogP contribution in [0.3, 0.4) is 0 Å². The van der Waals surface area contributed by atoms with Crippen molar-refractivity contribution in [2.75, 3.05) is 19.7 Å². The maximum absolute atomic E-state index is 8.66. The first-order valence-corrected chi connectivity index (χ1v) is 7.03. The second kappa shape index (κ2) is 7.53. The standard InChI is InChI=1S/C16H19N3O/c17-9-1-11-19(15-4-5-15)12-13-20-16-6-2-14(3-7-16)8-10-18/h2-3,6-7,15H,1,4-5,8,11-13H2. The lowest BCUT2D eigenvalue weighted by molar-refractivity contribution is 0.204. The van der Waals surface area contributed by atoms with Crippen LogP contribution in [-0.2, 0) is 6.42 Å². The Hall–Kier alpha value is -2.04. The molecule has 0 amide bonds. The van der Waals surface area contributed by atoms with Crippen molar-refractivity contribution in [2.45, 2.75) is 31.7 Å². The zero-order valence-electron chi connectivity index (χ0n) is 11.6. The molecule has 4 nitrogen and oxygen atoms in total. The average Bonchev–Trinajstić information content (AvgIpc) is 3.29. The highest BCUT2D eigenvalue weighted by atomic mass is 16.5. The van der Waals surface area contributed by atoms with Crippen LogP contribution in [0.1, 0.15) is 24.8 Å². The van der Waals surface area contributed by atoms with E-state index in [2.05, 4.69) is 17.0 Å². The molecule has 1 aliphatic carbocycles. The van der Waals surface area contributed by atoms with Gasteiger partial charge in [0.05, 0.1) is 18.6 Å². The molecule has 1 aliphatic rings. The minimum Gasteiger partial charge on any atom is -0.492 e. The van der Waals surface area contributed by atoms with Gasteiger partial charge in [0.1, 0.15) is 12.4 Å². The van der Waals surface area contributed by atoms with Crippen LogP contribution in [0.2, 0.25) is 0 Å². The molecular weight excluding hydrogens is 250 g/mol. The van der Waals surface area contributed by atoms with E-state index < -0.39 is 0 Å². The quantitative estimate of drug-likeness (QED) is 0.727. The largest absolute Gasteiger partial charge is 0.492 e. The number of hydrogen-bond donors (Lipinski definition) is 0. The van der Waals surface area contributed by atoms with Gasteiger partial charge in [-0.05, 0) is 30.5 Å². The molecule has 4 heteroatoms. The van der Waals surface area contributed by atoms with Crippen molar-refractivity contribution in [3.8, 4) is 17.9 Å². The molecular formula is C16H19N3O. The van der Waals surface area contributed by atoms with Crippen LogP contribution >= 0.6 is 0 Å². The highest BCUT2D eigenvalue weighted by Gasteiger charge is 2.28. The first kappa shape index (κ1) is 14.4. The summed E-state index contributed by atoms with van der Waals surface area (Å²) in [6.07, 6.45) is 3.51. The van der Waals surface area contributed by atoms with Crippen molar-refractivity contribution in [1.29, 1.82) is 10.5 Å². The summed E-state index contributed by atoms with van der Waals surface area (Å²) in [6, 6.07) is 12.6. The van der Waals surface area contributed by atoms with Crippen molar-refractivity contribution in [3.05, 3.63) is 29.8 Å². The number of benzene rings is 1. The lowest BCUT2D eigenvalue weighted by Crippen LogP contribution is -2.31. The van der Waals surface area contributed by atoms with Gasteiger partial charge in [-0.2, -0.15) is 10.5 Å². The molecule has 0 aliphatic heterocycles. The minimum atomic E-state index is 0.434. The van der Waals surface area contributed by atoms with E-state index in [4.69, 9.17) is 15.3 Å². The molecule has 0 spiro atoms. The molecule has 0 atom stereocenters. The maximum atomic E-state index is 8.66. The van der Waals surface area contributed by atoms with E-state index in [0.717, 1.165) is 24.4 Å². The minimum absolute atomic E-state index is 0.434. The van der Waals surface area contributed by atoms with Gasteiger partial charge in [-0.15, -0.1) is 0 Å². The molecule has 0 unspecified atom stereocenters. The van der Waals surface area contributed by atoms with Gasteiger partial charge in [0.25, 0.3) is 0 Å².